The third-order valence-electron chi connectivity index (χ3n) is 3.67. The number of nitrogens with zero attached hydrogens (tertiary/aromatic N) is 4. The molecular formula is C13H23N5O2. The smallest absolute Gasteiger partial charge is 0.360 e. The van der Waals surface area contributed by atoms with Gasteiger partial charge in [-0.3, -0.25) is 0 Å². The molecule has 7 heteroatoms. The maximum Gasteiger partial charge on any atom is 0.360 e. The quantitative estimate of drug-likeness (QED) is 0.742. The normalized spacial score (nSPS) is 16.3. The van der Waals surface area contributed by atoms with Crippen LogP contribution in [0, 0.1) is 0 Å². The second-order valence-corrected chi connectivity index (χ2v) is 5.04. The molecule has 0 bridgehead atoms. The van der Waals surface area contributed by atoms with Gasteiger partial charge in [-0.2, -0.15) is 0 Å². The summed E-state index contributed by atoms with van der Waals surface area (Å²) in [6.07, 6.45) is 4.43. The Balaban J connectivity index is 2.02. The van der Waals surface area contributed by atoms with E-state index in [0.29, 0.717) is 13.0 Å². The van der Waals surface area contributed by atoms with Crippen LogP contribution in [0.5, 0.6) is 0 Å². The van der Waals surface area contributed by atoms with Crippen LogP contribution in [0.1, 0.15) is 35.4 Å². The molecule has 1 aliphatic heterocycles. The first kappa shape index (κ1) is 14.9. The van der Waals surface area contributed by atoms with Gasteiger partial charge in [-0.25, -0.2) is 9.48 Å². The van der Waals surface area contributed by atoms with Crippen LogP contribution in [0.4, 0.5) is 0 Å². The van der Waals surface area contributed by atoms with Crippen LogP contribution in [0.25, 0.3) is 0 Å². The molecule has 112 valence electrons. The summed E-state index contributed by atoms with van der Waals surface area (Å²) in [7, 11) is 1.35. The Labute approximate surface area is 119 Å². The molecule has 1 aromatic rings. The zero-order valence-electron chi connectivity index (χ0n) is 12.0. The molecule has 1 aromatic heterocycles. The van der Waals surface area contributed by atoms with E-state index in [2.05, 4.69) is 15.2 Å². The second kappa shape index (κ2) is 7.35. The van der Waals surface area contributed by atoms with E-state index >= 15 is 0 Å². The SMILES string of the molecule is COC(=O)c1nnn(CCN2CCCCC2)c1CCN. The van der Waals surface area contributed by atoms with Crippen LogP contribution in [0.15, 0.2) is 0 Å². The number of nitrogens with two attached hydrogens (primary N) is 1. The monoisotopic (exact) mass is 281 g/mol. The predicted molar refractivity (Wildman–Crippen MR) is 74.4 cm³/mol. The zero-order chi connectivity index (χ0) is 14.4. The number of carbonyl (C=O) groups excluding carboxylic acids is 1. The lowest BCUT2D eigenvalue weighted by atomic mass is 10.1. The van der Waals surface area contributed by atoms with Crippen molar-refractivity contribution in [2.75, 3.05) is 33.3 Å². The molecule has 0 radical (unpaired) electrons. The van der Waals surface area contributed by atoms with Gasteiger partial charge in [0.2, 0.25) is 0 Å². The highest BCUT2D eigenvalue weighted by Gasteiger charge is 2.20. The number of esters is 1. The highest BCUT2D eigenvalue weighted by molar-refractivity contribution is 5.88. The highest BCUT2D eigenvalue weighted by Crippen LogP contribution is 2.11. The maximum absolute atomic E-state index is 11.6. The molecule has 2 heterocycles. The van der Waals surface area contributed by atoms with Gasteiger partial charge in [0.15, 0.2) is 5.69 Å². The minimum atomic E-state index is -0.447. The van der Waals surface area contributed by atoms with Crippen LogP contribution in [0.2, 0.25) is 0 Å². The van der Waals surface area contributed by atoms with Crippen molar-refractivity contribution in [1.82, 2.24) is 19.9 Å². The molecule has 7 nitrogen and oxygen atoms in total. The van der Waals surface area contributed by atoms with Gasteiger partial charge in [0.25, 0.3) is 0 Å². The predicted octanol–water partition coefficient (Wildman–Crippen LogP) is 0.0518. The first-order valence-corrected chi connectivity index (χ1v) is 7.19. The molecule has 20 heavy (non-hydrogen) atoms. The molecule has 0 spiro atoms. The molecule has 1 aliphatic rings. The van der Waals surface area contributed by atoms with E-state index in [1.165, 1.54) is 26.4 Å². The summed E-state index contributed by atoms with van der Waals surface area (Å²) in [5.41, 5.74) is 6.67. The van der Waals surface area contributed by atoms with E-state index in [1.807, 2.05) is 0 Å². The summed E-state index contributed by atoms with van der Waals surface area (Å²) in [4.78, 5) is 14.1. The molecule has 2 rings (SSSR count). The molecule has 0 amide bonds. The summed E-state index contributed by atoms with van der Waals surface area (Å²) < 4.78 is 6.51. The number of hydrogen-bond acceptors (Lipinski definition) is 6. The van der Waals surface area contributed by atoms with Gasteiger partial charge in [-0.15, -0.1) is 5.10 Å². The summed E-state index contributed by atoms with van der Waals surface area (Å²) in [6.45, 7) is 4.41. The second-order valence-electron chi connectivity index (χ2n) is 5.04. The van der Waals surface area contributed by atoms with Crippen molar-refractivity contribution in [2.45, 2.75) is 32.2 Å². The van der Waals surface area contributed by atoms with Crippen molar-refractivity contribution in [3.05, 3.63) is 11.4 Å². The molecule has 2 N–H and O–H groups in total. The van der Waals surface area contributed by atoms with Crippen LogP contribution < -0.4 is 5.73 Å². The lowest BCUT2D eigenvalue weighted by Crippen LogP contribution is -2.33. The molecule has 1 fully saturated rings. The minimum Gasteiger partial charge on any atom is -0.464 e. The number of aromatic nitrogens is 3. The Morgan fingerprint density at radius 1 is 1.30 bits per heavy atom. The average Bonchev–Trinajstić information content (AvgIpc) is 2.89. The fourth-order valence-corrected chi connectivity index (χ4v) is 2.57. The fourth-order valence-electron chi connectivity index (χ4n) is 2.57. The third kappa shape index (κ3) is 3.55. The molecule has 1 saturated heterocycles. The number of piperidine rings is 1. The molecule has 0 aliphatic carbocycles. The zero-order valence-corrected chi connectivity index (χ0v) is 12.0. The fraction of sp³-hybridized carbons (Fsp3) is 0.769. The van der Waals surface area contributed by atoms with E-state index in [1.54, 1.807) is 4.68 Å². The van der Waals surface area contributed by atoms with E-state index in [-0.39, 0.29) is 5.69 Å². The number of hydrogen-bond donors (Lipinski definition) is 1. The Bertz CT molecular complexity index is 440. The topological polar surface area (TPSA) is 86.3 Å². The van der Waals surface area contributed by atoms with Crippen molar-refractivity contribution >= 4 is 5.97 Å². The third-order valence-corrected chi connectivity index (χ3v) is 3.67. The summed E-state index contributed by atoms with van der Waals surface area (Å²) in [5.74, 6) is -0.447. The Morgan fingerprint density at radius 2 is 2.05 bits per heavy atom. The Kier molecular flexibility index (Phi) is 5.49. The molecule has 0 aromatic carbocycles. The molecule has 0 saturated carbocycles. The van der Waals surface area contributed by atoms with Gasteiger partial charge in [0, 0.05) is 13.0 Å². The van der Waals surface area contributed by atoms with Gasteiger partial charge >= 0.3 is 5.97 Å². The first-order chi connectivity index (χ1) is 9.76. The van der Waals surface area contributed by atoms with E-state index in [9.17, 15) is 4.79 Å². The summed E-state index contributed by atoms with van der Waals surface area (Å²) in [6, 6.07) is 0. The van der Waals surface area contributed by atoms with Gasteiger partial charge in [0.1, 0.15) is 0 Å². The summed E-state index contributed by atoms with van der Waals surface area (Å²) >= 11 is 0. The highest BCUT2D eigenvalue weighted by atomic mass is 16.5. The maximum atomic E-state index is 11.6. The molecular weight excluding hydrogens is 258 g/mol. The number of rotatable bonds is 6. The van der Waals surface area contributed by atoms with Crippen LogP contribution in [-0.2, 0) is 17.7 Å². The largest absolute Gasteiger partial charge is 0.464 e. The lowest BCUT2D eigenvalue weighted by molar-refractivity contribution is 0.0592. The van der Waals surface area contributed by atoms with E-state index in [0.717, 1.165) is 31.9 Å². The molecule has 0 unspecified atom stereocenters. The van der Waals surface area contributed by atoms with E-state index < -0.39 is 5.97 Å². The van der Waals surface area contributed by atoms with Gasteiger partial charge in [-0.05, 0) is 32.5 Å². The Hall–Kier alpha value is -1.47. The van der Waals surface area contributed by atoms with Crippen LogP contribution in [0.3, 0.4) is 0 Å². The van der Waals surface area contributed by atoms with Crippen LogP contribution in [-0.4, -0.2) is 59.2 Å². The van der Waals surface area contributed by atoms with Crippen molar-refractivity contribution in [1.29, 1.82) is 0 Å². The number of likely N-dealkylation sites (tertiary alicyclic amines) is 1. The Morgan fingerprint density at radius 3 is 2.70 bits per heavy atom. The summed E-state index contributed by atoms with van der Waals surface area (Å²) in [5, 5.41) is 8.01. The first-order valence-electron chi connectivity index (χ1n) is 7.19. The van der Waals surface area contributed by atoms with Crippen molar-refractivity contribution in [3.8, 4) is 0 Å². The number of carbonyl (C=O) groups is 1. The van der Waals surface area contributed by atoms with Gasteiger partial charge in [-0.1, -0.05) is 11.6 Å². The average molecular weight is 281 g/mol. The molecule has 0 atom stereocenters. The standard InChI is InChI=1S/C13H23N5O2/c1-20-13(19)12-11(5-6-14)18(16-15-12)10-9-17-7-3-2-4-8-17/h2-10,14H2,1H3. The van der Waals surface area contributed by atoms with Crippen molar-refractivity contribution in [2.24, 2.45) is 5.73 Å². The number of methoxy groups -OCH3 is 1. The van der Waals surface area contributed by atoms with Crippen molar-refractivity contribution < 1.29 is 9.53 Å². The number of ether oxygens (including phenoxy) is 1. The van der Waals surface area contributed by atoms with Gasteiger partial charge in [0.05, 0.1) is 19.3 Å². The van der Waals surface area contributed by atoms with E-state index in [4.69, 9.17) is 10.5 Å². The van der Waals surface area contributed by atoms with Gasteiger partial charge < -0.3 is 15.4 Å². The van der Waals surface area contributed by atoms with Crippen LogP contribution >= 0.6 is 0 Å². The lowest BCUT2D eigenvalue weighted by Gasteiger charge is -2.26. The minimum absolute atomic E-state index is 0.289. The van der Waals surface area contributed by atoms with Crippen molar-refractivity contribution in [3.63, 3.8) is 0 Å².